The summed E-state index contributed by atoms with van der Waals surface area (Å²) in [6, 6.07) is 5.22. The third-order valence-corrected chi connectivity index (χ3v) is 6.64. The first-order valence-corrected chi connectivity index (χ1v) is 11.8. The average Bonchev–Trinajstić information content (AvgIpc) is 3.37. The highest BCUT2D eigenvalue weighted by molar-refractivity contribution is 5.96. The third kappa shape index (κ3) is 4.36. The van der Waals surface area contributed by atoms with E-state index in [1.807, 2.05) is 13.0 Å². The van der Waals surface area contributed by atoms with E-state index in [0.29, 0.717) is 56.1 Å². The summed E-state index contributed by atoms with van der Waals surface area (Å²) in [6.07, 6.45) is 3.56. The number of amides is 1. The maximum atomic E-state index is 13.4. The van der Waals surface area contributed by atoms with Crippen LogP contribution in [0.5, 0.6) is 0 Å². The van der Waals surface area contributed by atoms with Gasteiger partial charge in [0, 0.05) is 45.5 Å². The zero-order chi connectivity index (χ0) is 23.7. The average molecular weight is 467 g/mol. The lowest BCUT2D eigenvalue weighted by Crippen LogP contribution is -2.41. The molecule has 0 spiro atoms. The predicted molar refractivity (Wildman–Crippen MR) is 126 cm³/mol. The van der Waals surface area contributed by atoms with Crippen LogP contribution in [0.3, 0.4) is 0 Å². The number of carbonyl (C=O) groups excluding carboxylic acids is 1. The van der Waals surface area contributed by atoms with Crippen molar-refractivity contribution in [2.24, 2.45) is 0 Å². The monoisotopic (exact) mass is 466 g/mol. The fourth-order valence-electron chi connectivity index (χ4n) is 4.66. The van der Waals surface area contributed by atoms with Crippen LogP contribution < -0.4 is 16.4 Å². The van der Waals surface area contributed by atoms with Crippen molar-refractivity contribution in [2.45, 2.75) is 32.4 Å². The number of pyridine rings is 2. The van der Waals surface area contributed by atoms with Crippen molar-refractivity contribution < 1.29 is 14.3 Å². The first kappa shape index (κ1) is 22.7. The van der Waals surface area contributed by atoms with E-state index < -0.39 is 0 Å². The van der Waals surface area contributed by atoms with Gasteiger partial charge in [0.05, 0.1) is 30.3 Å². The maximum Gasteiger partial charge on any atom is 0.267 e. The summed E-state index contributed by atoms with van der Waals surface area (Å²) in [7, 11) is 0. The van der Waals surface area contributed by atoms with E-state index >= 15 is 0 Å². The van der Waals surface area contributed by atoms with Crippen LogP contribution in [0.1, 0.15) is 28.8 Å². The first-order valence-electron chi connectivity index (χ1n) is 11.8. The standard InChI is InChI=1S/C24H30N6O4/c1-16-4-2-6-30-21(16)27-22-19(24(30)32)14-18(23(31)26-15-17-5-3-11-34-17)20(25)29(22)8-7-28-9-12-33-13-10-28/h2,4,6,14,17,25H,3,5,7-13,15H2,1H3,(H,26,31)/t17-/m0/s1. The first-order chi connectivity index (χ1) is 16.5. The topological polar surface area (TPSA) is 114 Å². The van der Waals surface area contributed by atoms with Crippen LogP contribution >= 0.6 is 0 Å². The number of aryl methyl sites for hydroxylation is 1. The van der Waals surface area contributed by atoms with Crippen molar-refractivity contribution in [1.82, 2.24) is 24.2 Å². The maximum absolute atomic E-state index is 13.4. The van der Waals surface area contributed by atoms with Gasteiger partial charge in [0.15, 0.2) is 0 Å². The van der Waals surface area contributed by atoms with Crippen LogP contribution in [-0.2, 0) is 16.0 Å². The van der Waals surface area contributed by atoms with Crippen LogP contribution in [0.4, 0.5) is 0 Å². The molecule has 3 aromatic rings. The second-order valence-corrected chi connectivity index (χ2v) is 8.90. The van der Waals surface area contributed by atoms with E-state index in [1.165, 1.54) is 10.5 Å². The molecule has 5 heterocycles. The molecule has 2 aliphatic heterocycles. The minimum Gasteiger partial charge on any atom is -0.379 e. The van der Waals surface area contributed by atoms with E-state index in [-0.39, 0.29) is 28.6 Å². The highest BCUT2D eigenvalue weighted by Crippen LogP contribution is 2.14. The Kier molecular flexibility index (Phi) is 6.44. The number of aromatic nitrogens is 3. The molecule has 2 saturated heterocycles. The van der Waals surface area contributed by atoms with Crippen molar-refractivity contribution in [2.75, 3.05) is 46.0 Å². The SMILES string of the molecule is Cc1cccn2c(=O)c3cc(C(=O)NC[C@@H]4CCCO4)c(=N)n(CCN4CCOCC4)c3nc12. The Bertz CT molecular complexity index is 1340. The van der Waals surface area contributed by atoms with E-state index in [0.717, 1.165) is 31.5 Å². The number of nitrogens with one attached hydrogen (secondary N) is 2. The van der Waals surface area contributed by atoms with Gasteiger partial charge in [0.2, 0.25) is 0 Å². The molecule has 0 aliphatic carbocycles. The number of nitrogens with zero attached hydrogens (tertiary/aromatic N) is 4. The van der Waals surface area contributed by atoms with Crippen molar-refractivity contribution >= 4 is 22.6 Å². The molecule has 10 nitrogen and oxygen atoms in total. The Hall–Kier alpha value is -3.08. The smallest absolute Gasteiger partial charge is 0.267 e. The lowest BCUT2D eigenvalue weighted by Gasteiger charge is -2.27. The van der Waals surface area contributed by atoms with Crippen molar-refractivity contribution in [3.05, 3.63) is 51.4 Å². The molecule has 10 heteroatoms. The molecule has 0 radical (unpaired) electrons. The summed E-state index contributed by atoms with van der Waals surface area (Å²) in [5, 5.41) is 12.1. The van der Waals surface area contributed by atoms with Gasteiger partial charge in [-0.05, 0) is 37.5 Å². The summed E-state index contributed by atoms with van der Waals surface area (Å²) in [6.45, 7) is 7.08. The molecule has 2 aliphatic rings. The molecule has 0 aromatic carbocycles. The molecule has 5 rings (SSSR count). The minimum atomic E-state index is -0.378. The molecule has 0 saturated carbocycles. The van der Waals surface area contributed by atoms with Crippen LogP contribution in [-0.4, -0.2) is 76.9 Å². The van der Waals surface area contributed by atoms with Crippen LogP contribution in [0.15, 0.2) is 29.2 Å². The summed E-state index contributed by atoms with van der Waals surface area (Å²) < 4.78 is 14.2. The highest BCUT2D eigenvalue weighted by Gasteiger charge is 2.21. The number of fused-ring (bicyclic) bond motifs is 2. The van der Waals surface area contributed by atoms with Crippen molar-refractivity contribution in [3.63, 3.8) is 0 Å². The molecule has 180 valence electrons. The number of ether oxygens (including phenoxy) is 2. The number of rotatable bonds is 6. The Morgan fingerprint density at radius 1 is 1.24 bits per heavy atom. The van der Waals surface area contributed by atoms with Gasteiger partial charge in [-0.2, -0.15) is 0 Å². The molecule has 0 bridgehead atoms. The Morgan fingerprint density at radius 3 is 2.82 bits per heavy atom. The Balaban J connectivity index is 1.58. The van der Waals surface area contributed by atoms with E-state index in [2.05, 4.69) is 10.2 Å². The second-order valence-electron chi connectivity index (χ2n) is 8.90. The number of morpholine rings is 1. The van der Waals surface area contributed by atoms with Gasteiger partial charge >= 0.3 is 0 Å². The van der Waals surface area contributed by atoms with Gasteiger partial charge in [-0.1, -0.05) is 6.07 Å². The van der Waals surface area contributed by atoms with Gasteiger partial charge in [0.1, 0.15) is 16.8 Å². The van der Waals surface area contributed by atoms with Crippen LogP contribution in [0, 0.1) is 12.3 Å². The van der Waals surface area contributed by atoms with Gasteiger partial charge < -0.3 is 19.4 Å². The van der Waals surface area contributed by atoms with E-state index in [4.69, 9.17) is 19.9 Å². The third-order valence-electron chi connectivity index (χ3n) is 6.64. The molecule has 34 heavy (non-hydrogen) atoms. The molecular weight excluding hydrogens is 436 g/mol. The molecule has 1 atom stereocenters. The normalized spacial score (nSPS) is 19.1. The van der Waals surface area contributed by atoms with Crippen molar-refractivity contribution in [1.29, 1.82) is 5.41 Å². The summed E-state index contributed by atoms with van der Waals surface area (Å²) >= 11 is 0. The largest absolute Gasteiger partial charge is 0.379 e. The lowest BCUT2D eigenvalue weighted by molar-refractivity contribution is 0.0363. The fourth-order valence-corrected chi connectivity index (χ4v) is 4.66. The summed E-state index contributed by atoms with van der Waals surface area (Å²) in [5.41, 5.74) is 1.81. The lowest BCUT2D eigenvalue weighted by atomic mass is 10.1. The summed E-state index contributed by atoms with van der Waals surface area (Å²) in [5.74, 6) is -0.378. The number of hydrogen-bond acceptors (Lipinski definition) is 7. The molecule has 1 amide bonds. The van der Waals surface area contributed by atoms with E-state index in [1.54, 1.807) is 16.8 Å². The number of hydrogen-bond donors (Lipinski definition) is 2. The predicted octanol–water partition coefficient (Wildman–Crippen LogP) is 0.678. The Morgan fingerprint density at radius 2 is 2.06 bits per heavy atom. The molecule has 0 unspecified atom stereocenters. The van der Waals surface area contributed by atoms with Gasteiger partial charge in [-0.3, -0.25) is 24.3 Å². The number of carbonyl (C=O) groups is 1. The molecule has 3 aromatic heterocycles. The van der Waals surface area contributed by atoms with Crippen LogP contribution in [0.25, 0.3) is 16.7 Å². The fraction of sp³-hybridized carbons (Fsp3) is 0.500. The molecule has 2 fully saturated rings. The molecule has 2 N–H and O–H groups in total. The van der Waals surface area contributed by atoms with Crippen LogP contribution in [0.2, 0.25) is 0 Å². The minimum absolute atomic E-state index is 0.00811. The second kappa shape index (κ2) is 9.65. The highest BCUT2D eigenvalue weighted by atomic mass is 16.5. The van der Waals surface area contributed by atoms with Gasteiger partial charge in [0.25, 0.3) is 11.5 Å². The van der Waals surface area contributed by atoms with Crippen molar-refractivity contribution in [3.8, 4) is 0 Å². The van der Waals surface area contributed by atoms with E-state index in [9.17, 15) is 9.59 Å². The Labute approximate surface area is 196 Å². The van der Waals surface area contributed by atoms with Gasteiger partial charge in [-0.25, -0.2) is 4.98 Å². The quantitative estimate of drug-likeness (QED) is 0.517. The zero-order valence-corrected chi connectivity index (χ0v) is 19.4. The zero-order valence-electron chi connectivity index (χ0n) is 19.4. The van der Waals surface area contributed by atoms with Gasteiger partial charge in [-0.15, -0.1) is 0 Å². The molecular formula is C24H30N6O4. The summed E-state index contributed by atoms with van der Waals surface area (Å²) in [4.78, 5) is 33.6.